The van der Waals surface area contributed by atoms with Crippen LogP contribution >= 0.6 is 0 Å². The van der Waals surface area contributed by atoms with E-state index < -0.39 is 16.0 Å². The number of sulfonamides is 1. The van der Waals surface area contributed by atoms with Crippen LogP contribution in [0.15, 0.2) is 29.2 Å². The third-order valence-corrected chi connectivity index (χ3v) is 5.10. The normalized spacial score (nSPS) is 15.3. The molecule has 1 amide bonds. The molecule has 0 bridgehead atoms. The zero-order chi connectivity index (χ0) is 16.9. The molecule has 2 rings (SSSR count). The van der Waals surface area contributed by atoms with E-state index in [1.807, 2.05) is 0 Å². The van der Waals surface area contributed by atoms with E-state index in [2.05, 4.69) is 4.72 Å². The zero-order valence-corrected chi connectivity index (χ0v) is 13.8. The summed E-state index contributed by atoms with van der Waals surface area (Å²) in [6.07, 6.45) is 3.03. The molecule has 1 aliphatic heterocycles. The molecule has 7 nitrogen and oxygen atoms in total. The predicted octanol–water partition coefficient (Wildman–Crippen LogP) is 0.764. The number of nitrogens with zero attached hydrogens (tertiary/aromatic N) is 1. The molecule has 8 heteroatoms. The number of hydrogen-bond donors (Lipinski definition) is 1. The van der Waals surface area contributed by atoms with Gasteiger partial charge in [-0.1, -0.05) is 6.07 Å². The van der Waals surface area contributed by atoms with Gasteiger partial charge >= 0.3 is 5.97 Å². The summed E-state index contributed by atoms with van der Waals surface area (Å²) in [7, 11) is -2.35. The highest BCUT2D eigenvalue weighted by Crippen LogP contribution is 2.13. The van der Waals surface area contributed by atoms with Crippen molar-refractivity contribution < 1.29 is 22.7 Å². The molecular weight excluding hydrogens is 320 g/mol. The number of nitrogens with one attached hydrogen (secondary N) is 1. The van der Waals surface area contributed by atoms with Crippen LogP contribution in [0.25, 0.3) is 0 Å². The first-order chi connectivity index (χ1) is 10.9. The second-order valence-electron chi connectivity index (χ2n) is 5.25. The van der Waals surface area contributed by atoms with E-state index in [1.54, 1.807) is 4.90 Å². The number of carbonyl (C=O) groups excluding carboxylic acids is 2. The van der Waals surface area contributed by atoms with Crippen molar-refractivity contribution in [1.29, 1.82) is 0 Å². The quantitative estimate of drug-likeness (QED) is 0.799. The molecule has 0 unspecified atom stereocenters. The fourth-order valence-corrected chi connectivity index (χ4v) is 3.13. The van der Waals surface area contributed by atoms with Gasteiger partial charge in [-0.15, -0.1) is 0 Å². The summed E-state index contributed by atoms with van der Waals surface area (Å²) in [6.45, 7) is 1.04. The zero-order valence-electron chi connectivity index (χ0n) is 12.9. The molecule has 1 fully saturated rings. The largest absolute Gasteiger partial charge is 0.452 e. The lowest BCUT2D eigenvalue weighted by Crippen LogP contribution is -2.38. The molecule has 0 aromatic heterocycles. The molecule has 0 saturated carbocycles. The smallest absolute Gasteiger partial charge is 0.338 e. The molecule has 1 saturated heterocycles. The molecule has 1 aromatic rings. The van der Waals surface area contributed by atoms with Crippen LogP contribution in [0.5, 0.6) is 0 Å². The summed E-state index contributed by atoms with van der Waals surface area (Å²) in [5.41, 5.74) is 0.0905. The minimum Gasteiger partial charge on any atom is -0.452 e. The highest BCUT2D eigenvalue weighted by atomic mass is 32.2. The Morgan fingerprint density at radius 3 is 2.57 bits per heavy atom. The molecule has 23 heavy (non-hydrogen) atoms. The average Bonchev–Trinajstić information content (AvgIpc) is 2.60. The van der Waals surface area contributed by atoms with Crippen LogP contribution in [-0.2, 0) is 19.6 Å². The molecule has 126 valence electrons. The van der Waals surface area contributed by atoms with Crippen LogP contribution in [0.1, 0.15) is 29.6 Å². The minimum absolute atomic E-state index is 0.0307. The van der Waals surface area contributed by atoms with Gasteiger partial charge in [-0.25, -0.2) is 17.9 Å². The Morgan fingerprint density at radius 2 is 1.91 bits per heavy atom. The van der Waals surface area contributed by atoms with Crippen LogP contribution in [0.2, 0.25) is 0 Å². The molecule has 1 heterocycles. The molecule has 0 radical (unpaired) electrons. The maximum Gasteiger partial charge on any atom is 0.338 e. The Hall–Kier alpha value is -1.93. The number of rotatable bonds is 5. The van der Waals surface area contributed by atoms with Crippen molar-refractivity contribution in [1.82, 2.24) is 9.62 Å². The monoisotopic (exact) mass is 340 g/mol. The summed E-state index contributed by atoms with van der Waals surface area (Å²) in [5.74, 6) is -0.944. The fourth-order valence-electron chi connectivity index (χ4n) is 2.35. The number of piperidine rings is 1. The van der Waals surface area contributed by atoms with Crippen molar-refractivity contribution in [2.24, 2.45) is 0 Å². The number of likely N-dealkylation sites (tertiary alicyclic amines) is 1. The van der Waals surface area contributed by atoms with E-state index in [9.17, 15) is 18.0 Å². The van der Waals surface area contributed by atoms with Crippen molar-refractivity contribution in [3.8, 4) is 0 Å². The van der Waals surface area contributed by atoms with Crippen LogP contribution in [0.4, 0.5) is 0 Å². The van der Waals surface area contributed by atoms with Crippen LogP contribution in [-0.4, -0.2) is 51.9 Å². The second kappa shape index (κ2) is 7.56. The SMILES string of the molecule is CNS(=O)(=O)c1cccc(C(=O)OCC(=O)N2CCCCC2)c1. The topological polar surface area (TPSA) is 92.8 Å². The van der Waals surface area contributed by atoms with Crippen molar-refractivity contribution in [3.63, 3.8) is 0 Å². The van der Waals surface area contributed by atoms with E-state index in [-0.39, 0.29) is 23.0 Å². The molecule has 1 aliphatic rings. The van der Waals surface area contributed by atoms with E-state index in [0.29, 0.717) is 13.1 Å². The summed E-state index contributed by atoms with van der Waals surface area (Å²) in [5, 5.41) is 0. The number of esters is 1. The molecule has 1 N–H and O–H groups in total. The molecule has 1 aromatic carbocycles. The highest BCUT2D eigenvalue weighted by Gasteiger charge is 2.19. The number of carbonyl (C=O) groups is 2. The summed E-state index contributed by atoms with van der Waals surface area (Å²) in [6, 6.07) is 5.50. The van der Waals surface area contributed by atoms with E-state index in [4.69, 9.17) is 4.74 Å². The van der Waals surface area contributed by atoms with Gasteiger partial charge in [0.05, 0.1) is 10.5 Å². The lowest BCUT2D eigenvalue weighted by atomic mass is 10.1. The number of amides is 1. The van der Waals surface area contributed by atoms with E-state index in [0.717, 1.165) is 19.3 Å². The Bertz CT molecular complexity index is 681. The lowest BCUT2D eigenvalue weighted by Gasteiger charge is -2.26. The highest BCUT2D eigenvalue weighted by molar-refractivity contribution is 7.89. The second-order valence-corrected chi connectivity index (χ2v) is 7.14. The van der Waals surface area contributed by atoms with E-state index >= 15 is 0 Å². The predicted molar refractivity (Wildman–Crippen MR) is 83.4 cm³/mol. The third-order valence-electron chi connectivity index (χ3n) is 3.68. The van der Waals surface area contributed by atoms with Gasteiger partial charge in [-0.3, -0.25) is 4.79 Å². The lowest BCUT2D eigenvalue weighted by molar-refractivity contribution is -0.135. The molecular formula is C15H20N2O5S. The molecule has 0 aliphatic carbocycles. The van der Waals surface area contributed by atoms with Crippen molar-refractivity contribution in [2.45, 2.75) is 24.2 Å². The molecule has 0 atom stereocenters. The Labute approximate surface area is 135 Å². The number of benzene rings is 1. The fraction of sp³-hybridized carbons (Fsp3) is 0.467. The van der Waals surface area contributed by atoms with Gasteiger partial charge < -0.3 is 9.64 Å². The number of hydrogen-bond acceptors (Lipinski definition) is 5. The summed E-state index contributed by atoms with van der Waals surface area (Å²) >= 11 is 0. The van der Waals surface area contributed by atoms with Gasteiger partial charge in [0.1, 0.15) is 0 Å². The first-order valence-electron chi connectivity index (χ1n) is 7.42. The van der Waals surface area contributed by atoms with Crippen LogP contribution < -0.4 is 4.72 Å². The Balaban J connectivity index is 1.98. The average molecular weight is 340 g/mol. The van der Waals surface area contributed by atoms with Crippen molar-refractivity contribution >= 4 is 21.9 Å². The van der Waals surface area contributed by atoms with Crippen LogP contribution in [0, 0.1) is 0 Å². The summed E-state index contributed by atoms with van der Waals surface area (Å²) in [4.78, 5) is 25.6. The van der Waals surface area contributed by atoms with Gasteiger partial charge in [0.15, 0.2) is 6.61 Å². The molecule has 0 spiro atoms. The maximum atomic E-state index is 12.0. The minimum atomic E-state index is -3.64. The van der Waals surface area contributed by atoms with Crippen LogP contribution in [0.3, 0.4) is 0 Å². The first kappa shape index (κ1) is 17.4. The summed E-state index contributed by atoms with van der Waals surface area (Å²) < 4.78 is 30.6. The van der Waals surface area contributed by atoms with Gasteiger partial charge in [-0.2, -0.15) is 0 Å². The first-order valence-corrected chi connectivity index (χ1v) is 8.91. The van der Waals surface area contributed by atoms with Gasteiger partial charge in [0.25, 0.3) is 5.91 Å². The van der Waals surface area contributed by atoms with Gasteiger partial charge in [0, 0.05) is 13.1 Å². The number of ether oxygens (including phenoxy) is 1. The maximum absolute atomic E-state index is 12.0. The Kier molecular flexibility index (Phi) is 5.73. The van der Waals surface area contributed by atoms with E-state index in [1.165, 1.54) is 31.3 Å². The van der Waals surface area contributed by atoms with Crippen molar-refractivity contribution in [2.75, 3.05) is 26.7 Å². The van der Waals surface area contributed by atoms with Gasteiger partial charge in [0.2, 0.25) is 10.0 Å². The standard InChI is InChI=1S/C15H20N2O5S/c1-16-23(20,21)13-7-5-6-12(10-13)15(19)22-11-14(18)17-8-3-2-4-9-17/h5-7,10,16H,2-4,8-9,11H2,1H3. The Morgan fingerprint density at radius 1 is 1.22 bits per heavy atom. The van der Waals surface area contributed by atoms with Gasteiger partial charge in [-0.05, 0) is 44.5 Å². The van der Waals surface area contributed by atoms with Crippen molar-refractivity contribution in [3.05, 3.63) is 29.8 Å². The third kappa shape index (κ3) is 4.52.